The zero-order chi connectivity index (χ0) is 17.3. The summed E-state index contributed by atoms with van der Waals surface area (Å²) in [5.41, 5.74) is 1.67. The first-order valence-electron chi connectivity index (χ1n) is 7.85. The Labute approximate surface area is 140 Å². The second-order valence-electron chi connectivity index (χ2n) is 6.09. The number of carbonyl (C=O) groups excluding carboxylic acids is 2. The maximum Gasteiger partial charge on any atom is 0.436 e. The molecule has 0 spiro atoms. The van der Waals surface area contributed by atoms with E-state index >= 15 is 0 Å². The topological polar surface area (TPSA) is 85.2 Å². The molecule has 7 heteroatoms. The number of hydrogen-bond donors (Lipinski definition) is 2. The number of ether oxygens (including phenoxy) is 1. The molecule has 126 valence electrons. The van der Waals surface area contributed by atoms with Gasteiger partial charge in [-0.15, -0.1) is 4.68 Å². The van der Waals surface area contributed by atoms with Gasteiger partial charge < -0.3 is 15.4 Å². The van der Waals surface area contributed by atoms with Crippen LogP contribution in [0.1, 0.15) is 42.4 Å². The van der Waals surface area contributed by atoms with Gasteiger partial charge in [-0.3, -0.25) is 4.79 Å². The highest BCUT2D eigenvalue weighted by atomic mass is 16.6. The molecule has 0 aliphatic carbocycles. The Kier molecular flexibility index (Phi) is 4.11. The van der Waals surface area contributed by atoms with Crippen LogP contribution in [0.4, 0.5) is 10.6 Å². The molecule has 0 fully saturated rings. The van der Waals surface area contributed by atoms with Crippen molar-refractivity contribution in [3.05, 3.63) is 47.2 Å². The van der Waals surface area contributed by atoms with Gasteiger partial charge in [0.15, 0.2) is 0 Å². The molecule has 1 aliphatic rings. The Morgan fingerprint density at radius 3 is 2.71 bits per heavy atom. The number of fused-ring (bicyclic) bond motifs is 1. The third-order valence-corrected chi connectivity index (χ3v) is 3.99. The van der Waals surface area contributed by atoms with Crippen LogP contribution in [-0.4, -0.2) is 28.4 Å². The number of anilines is 1. The summed E-state index contributed by atoms with van der Waals surface area (Å²) in [5.74, 6) is 0.0592. The van der Waals surface area contributed by atoms with E-state index < -0.39 is 6.09 Å². The monoisotopic (exact) mass is 328 g/mol. The average molecular weight is 328 g/mol. The van der Waals surface area contributed by atoms with Crippen LogP contribution < -0.4 is 10.6 Å². The molecular formula is C17H20N4O3. The van der Waals surface area contributed by atoms with Crippen molar-refractivity contribution >= 4 is 17.8 Å². The molecular weight excluding hydrogens is 308 g/mol. The number of hydrogen-bond acceptors (Lipinski definition) is 5. The van der Waals surface area contributed by atoms with Gasteiger partial charge >= 0.3 is 6.09 Å². The van der Waals surface area contributed by atoms with Gasteiger partial charge in [-0.05, 0) is 32.9 Å². The van der Waals surface area contributed by atoms with Crippen molar-refractivity contribution in [1.29, 1.82) is 0 Å². The molecule has 0 unspecified atom stereocenters. The minimum absolute atomic E-state index is 0.233. The third-order valence-electron chi connectivity index (χ3n) is 3.99. The second-order valence-corrected chi connectivity index (χ2v) is 6.09. The van der Waals surface area contributed by atoms with Gasteiger partial charge in [0.25, 0.3) is 5.91 Å². The number of aromatic nitrogens is 2. The zero-order valence-corrected chi connectivity index (χ0v) is 13.9. The predicted molar refractivity (Wildman–Crippen MR) is 88.9 cm³/mol. The van der Waals surface area contributed by atoms with E-state index in [0.717, 1.165) is 15.9 Å². The number of benzene rings is 1. The predicted octanol–water partition coefficient (Wildman–Crippen LogP) is 2.48. The van der Waals surface area contributed by atoms with Crippen LogP contribution in [0.2, 0.25) is 0 Å². The molecule has 0 atom stereocenters. The highest BCUT2D eigenvalue weighted by molar-refractivity contribution is 6.05. The molecule has 3 rings (SSSR count). The fraction of sp³-hybridized carbons (Fsp3) is 0.353. The molecule has 0 bridgehead atoms. The highest BCUT2D eigenvalue weighted by Gasteiger charge is 2.37. The van der Waals surface area contributed by atoms with Crippen LogP contribution in [0.15, 0.2) is 30.3 Å². The molecule has 0 radical (unpaired) electrons. The van der Waals surface area contributed by atoms with Gasteiger partial charge in [-0.25, -0.2) is 4.79 Å². The van der Waals surface area contributed by atoms with Crippen molar-refractivity contribution in [1.82, 2.24) is 15.1 Å². The van der Waals surface area contributed by atoms with Crippen molar-refractivity contribution in [2.24, 2.45) is 0 Å². The van der Waals surface area contributed by atoms with E-state index in [9.17, 15) is 9.59 Å². The van der Waals surface area contributed by atoms with Crippen molar-refractivity contribution in [2.45, 2.75) is 32.9 Å². The Balaban J connectivity index is 1.99. The summed E-state index contributed by atoms with van der Waals surface area (Å²) >= 11 is 0. The average Bonchev–Trinajstić information content (AvgIpc) is 3.07. The molecule has 0 saturated heterocycles. The normalized spacial score (nSPS) is 15.0. The molecule has 1 aromatic heterocycles. The largest absolute Gasteiger partial charge is 0.448 e. The molecule has 1 aliphatic heterocycles. The lowest BCUT2D eigenvalue weighted by Crippen LogP contribution is -2.31. The number of nitrogens with zero attached hydrogens (tertiary/aromatic N) is 2. The highest BCUT2D eigenvalue weighted by Crippen LogP contribution is 2.34. The molecule has 2 N–H and O–H groups in total. The Hall–Kier alpha value is -2.67. The van der Waals surface area contributed by atoms with Crippen molar-refractivity contribution < 1.29 is 14.3 Å². The summed E-state index contributed by atoms with van der Waals surface area (Å²) in [6.07, 6.45) is -0.605. The molecule has 2 aromatic rings. The minimum atomic E-state index is -0.605. The van der Waals surface area contributed by atoms with Crippen LogP contribution in [0.25, 0.3) is 0 Å². The lowest BCUT2D eigenvalue weighted by molar-refractivity contribution is 0.102. The molecule has 24 heavy (non-hydrogen) atoms. The summed E-state index contributed by atoms with van der Waals surface area (Å²) in [5, 5.41) is 10.5. The first-order chi connectivity index (χ1) is 11.4. The summed E-state index contributed by atoms with van der Waals surface area (Å²) in [6, 6.07) is 8.83. The van der Waals surface area contributed by atoms with E-state index in [0.29, 0.717) is 17.9 Å². The number of carbonyl (C=O) groups is 2. The van der Waals surface area contributed by atoms with Crippen LogP contribution in [0, 0.1) is 0 Å². The Morgan fingerprint density at radius 1 is 1.33 bits per heavy atom. The Bertz CT molecular complexity index is 781. The first-order valence-corrected chi connectivity index (χ1v) is 7.85. The smallest absolute Gasteiger partial charge is 0.436 e. The summed E-state index contributed by atoms with van der Waals surface area (Å²) in [4.78, 5) is 24.7. The van der Waals surface area contributed by atoms with Crippen LogP contribution in [0.3, 0.4) is 0 Å². The maximum atomic E-state index is 12.5. The molecule has 1 aromatic carbocycles. The Morgan fingerprint density at radius 2 is 2.04 bits per heavy atom. The number of rotatable bonds is 3. The van der Waals surface area contributed by atoms with E-state index in [4.69, 9.17) is 4.74 Å². The SMILES string of the molecule is CCOC(=O)n1nc2c(c1NC(=O)c1ccccc1)CNC2(C)C. The number of amides is 1. The quantitative estimate of drug-likeness (QED) is 0.904. The standard InChI is InChI=1S/C17H20N4O3/c1-4-24-16(23)21-14(12-10-18-17(2,3)13(12)20-21)19-15(22)11-8-6-5-7-9-11/h5-9,18H,4,10H2,1-3H3,(H,19,22). The molecule has 0 saturated carbocycles. The van der Waals surface area contributed by atoms with Crippen LogP contribution in [-0.2, 0) is 16.8 Å². The lowest BCUT2D eigenvalue weighted by atomic mass is 10.0. The first kappa shape index (κ1) is 16.2. The zero-order valence-electron chi connectivity index (χ0n) is 13.9. The maximum absolute atomic E-state index is 12.5. The van der Waals surface area contributed by atoms with Gasteiger partial charge in [-0.2, -0.15) is 5.10 Å². The van der Waals surface area contributed by atoms with Crippen molar-refractivity contribution in [3.63, 3.8) is 0 Å². The molecule has 7 nitrogen and oxygen atoms in total. The van der Waals surface area contributed by atoms with Gasteiger partial charge in [0.05, 0.1) is 17.8 Å². The summed E-state index contributed by atoms with van der Waals surface area (Å²) < 4.78 is 6.19. The van der Waals surface area contributed by atoms with Crippen molar-refractivity contribution in [2.75, 3.05) is 11.9 Å². The van der Waals surface area contributed by atoms with Crippen LogP contribution >= 0.6 is 0 Å². The molecule has 2 heterocycles. The van der Waals surface area contributed by atoms with Gasteiger partial charge in [-0.1, -0.05) is 18.2 Å². The summed E-state index contributed by atoms with van der Waals surface area (Å²) in [7, 11) is 0. The van der Waals surface area contributed by atoms with Crippen LogP contribution in [0.5, 0.6) is 0 Å². The van der Waals surface area contributed by atoms with Crippen molar-refractivity contribution in [3.8, 4) is 0 Å². The van der Waals surface area contributed by atoms with E-state index in [1.54, 1.807) is 31.2 Å². The lowest BCUT2D eigenvalue weighted by Gasteiger charge is -2.17. The fourth-order valence-corrected chi connectivity index (χ4v) is 2.73. The van der Waals surface area contributed by atoms with E-state index in [1.807, 2.05) is 19.9 Å². The third kappa shape index (κ3) is 2.78. The number of nitrogens with one attached hydrogen (secondary N) is 2. The minimum Gasteiger partial charge on any atom is -0.448 e. The fourth-order valence-electron chi connectivity index (χ4n) is 2.73. The van der Waals surface area contributed by atoms with E-state index in [2.05, 4.69) is 15.7 Å². The van der Waals surface area contributed by atoms with E-state index in [-0.39, 0.29) is 18.1 Å². The second kappa shape index (κ2) is 6.09. The molecule has 1 amide bonds. The summed E-state index contributed by atoms with van der Waals surface area (Å²) in [6.45, 7) is 6.43. The van der Waals surface area contributed by atoms with Gasteiger partial charge in [0.1, 0.15) is 5.82 Å². The van der Waals surface area contributed by atoms with Gasteiger partial charge in [0, 0.05) is 17.7 Å². The van der Waals surface area contributed by atoms with Gasteiger partial charge in [0.2, 0.25) is 0 Å². The van der Waals surface area contributed by atoms with E-state index in [1.165, 1.54) is 0 Å².